The van der Waals surface area contributed by atoms with Crippen LogP contribution in [0.15, 0.2) is 52.0 Å². The first kappa shape index (κ1) is 16.0. The number of halogens is 1. The van der Waals surface area contributed by atoms with E-state index < -0.39 is 10.0 Å². The van der Waals surface area contributed by atoms with E-state index in [2.05, 4.69) is 4.72 Å². The van der Waals surface area contributed by atoms with Gasteiger partial charge in [-0.25, -0.2) is 13.1 Å². The normalized spacial score (nSPS) is 12.0. The summed E-state index contributed by atoms with van der Waals surface area (Å²) in [5, 5.41) is 12.8. The van der Waals surface area contributed by atoms with Crippen molar-refractivity contribution in [3.05, 3.63) is 58.7 Å². The maximum atomic E-state index is 11.9. The minimum atomic E-state index is -3.63. The summed E-state index contributed by atoms with van der Waals surface area (Å²) in [7, 11) is -3.63. The van der Waals surface area contributed by atoms with Gasteiger partial charge in [-0.15, -0.1) is 0 Å². The monoisotopic (exact) mass is 329 g/mol. The summed E-state index contributed by atoms with van der Waals surface area (Å²) in [5.74, 6) is 0.533. The van der Waals surface area contributed by atoms with Crippen molar-refractivity contribution in [2.45, 2.75) is 11.4 Å². The lowest BCUT2D eigenvalue weighted by Gasteiger charge is -2.26. The molecule has 0 atom stereocenters. The van der Waals surface area contributed by atoms with Crippen LogP contribution in [0.1, 0.15) is 5.76 Å². The molecule has 2 rings (SSSR count). The molecule has 1 aromatic carbocycles. The van der Waals surface area contributed by atoms with Crippen LogP contribution in [-0.2, 0) is 16.6 Å². The second-order valence-electron chi connectivity index (χ2n) is 4.29. The Hall–Kier alpha value is -1.38. The zero-order valence-electron chi connectivity index (χ0n) is 11.0. The second-order valence-corrected chi connectivity index (χ2v) is 6.50. The first-order chi connectivity index (χ1) is 9.97. The summed E-state index contributed by atoms with van der Waals surface area (Å²) in [6, 6.07) is 9.17. The van der Waals surface area contributed by atoms with Gasteiger partial charge in [-0.3, -0.25) is 0 Å². The zero-order valence-corrected chi connectivity index (χ0v) is 12.6. The Morgan fingerprint density at radius 2 is 1.95 bits per heavy atom. The van der Waals surface area contributed by atoms with Crippen molar-refractivity contribution < 1.29 is 12.8 Å². The Balaban J connectivity index is 1.83. The highest BCUT2D eigenvalue weighted by Crippen LogP contribution is 2.13. The van der Waals surface area contributed by atoms with Crippen molar-refractivity contribution in [1.82, 2.24) is 9.79 Å². The number of nitrogens with zero attached hydrogens (tertiary/aromatic N) is 1. The molecular weight excluding hydrogens is 316 g/mol. The predicted molar refractivity (Wildman–Crippen MR) is 79.1 cm³/mol. The van der Waals surface area contributed by atoms with Crippen LogP contribution in [0.4, 0.5) is 0 Å². The molecule has 0 bridgehead atoms. The van der Waals surface area contributed by atoms with Crippen LogP contribution in [0.3, 0.4) is 0 Å². The molecule has 2 aromatic rings. The molecule has 0 saturated carbocycles. The van der Waals surface area contributed by atoms with Gasteiger partial charge in [0.25, 0.3) is 0 Å². The zero-order chi connectivity index (χ0) is 15.3. The topological polar surface area (TPSA) is 85.6 Å². The summed E-state index contributed by atoms with van der Waals surface area (Å²) in [4.78, 5) is 0.107. The van der Waals surface area contributed by atoms with Gasteiger partial charge < -0.3 is 14.7 Å². The SMILES string of the molecule is O=S(=O)(NCCN([O-])Cc1ccco1)c1ccc(Cl)cc1. The lowest BCUT2D eigenvalue weighted by molar-refractivity contribution is 0.334. The standard InChI is InChI=1S/C13H14ClN2O4S/c14-11-3-5-13(6-4-11)21(18,19)15-7-8-16(17)10-12-2-1-9-20-12/h1-6,9,15H,7-8,10H2/q-1. The van der Waals surface area contributed by atoms with E-state index >= 15 is 0 Å². The third-order valence-corrected chi connectivity index (χ3v) is 4.42. The second kappa shape index (κ2) is 7.06. The maximum Gasteiger partial charge on any atom is 0.240 e. The smallest absolute Gasteiger partial charge is 0.240 e. The third-order valence-electron chi connectivity index (χ3n) is 2.69. The first-order valence-corrected chi connectivity index (χ1v) is 8.03. The van der Waals surface area contributed by atoms with E-state index in [4.69, 9.17) is 16.0 Å². The molecule has 0 aliphatic carbocycles. The Bertz CT molecular complexity index is 656. The molecule has 0 amide bonds. The predicted octanol–water partition coefficient (Wildman–Crippen LogP) is 2.21. The Morgan fingerprint density at radius 1 is 1.24 bits per heavy atom. The van der Waals surface area contributed by atoms with Gasteiger partial charge in [0.15, 0.2) is 0 Å². The van der Waals surface area contributed by atoms with Gasteiger partial charge in [-0.2, -0.15) is 0 Å². The highest BCUT2D eigenvalue weighted by molar-refractivity contribution is 7.89. The van der Waals surface area contributed by atoms with E-state index in [1.165, 1.54) is 30.5 Å². The van der Waals surface area contributed by atoms with Crippen LogP contribution >= 0.6 is 11.6 Å². The fraction of sp³-hybridized carbons (Fsp3) is 0.231. The molecule has 1 heterocycles. The number of sulfonamides is 1. The number of hydroxylamine groups is 2. The fourth-order valence-electron chi connectivity index (χ4n) is 1.66. The average Bonchev–Trinajstić information content (AvgIpc) is 2.91. The van der Waals surface area contributed by atoms with Crippen LogP contribution < -0.4 is 4.72 Å². The molecule has 8 heteroatoms. The van der Waals surface area contributed by atoms with Gasteiger partial charge in [-0.05, 0) is 42.9 Å². The Kier molecular flexibility index (Phi) is 5.38. The van der Waals surface area contributed by atoms with E-state index in [0.29, 0.717) is 10.8 Å². The highest BCUT2D eigenvalue weighted by Gasteiger charge is 2.12. The molecule has 0 saturated heterocycles. The van der Waals surface area contributed by atoms with Gasteiger partial charge in [-0.1, -0.05) is 11.6 Å². The number of hydrogen-bond donors (Lipinski definition) is 1. The summed E-state index contributed by atoms with van der Waals surface area (Å²) in [6.07, 6.45) is 1.48. The van der Waals surface area contributed by atoms with Crippen molar-refractivity contribution in [3.8, 4) is 0 Å². The fourth-order valence-corrected chi connectivity index (χ4v) is 2.80. The molecule has 1 aromatic heterocycles. The van der Waals surface area contributed by atoms with Crippen LogP contribution in [0.25, 0.3) is 0 Å². The molecular formula is C13H14ClN2O4S-. The van der Waals surface area contributed by atoms with Crippen LogP contribution in [0, 0.1) is 5.21 Å². The molecule has 0 unspecified atom stereocenters. The van der Waals surface area contributed by atoms with Crippen molar-refractivity contribution in [1.29, 1.82) is 0 Å². The molecule has 0 radical (unpaired) electrons. The molecule has 1 N–H and O–H groups in total. The van der Waals surface area contributed by atoms with Crippen molar-refractivity contribution >= 4 is 21.6 Å². The van der Waals surface area contributed by atoms with Crippen LogP contribution in [0.2, 0.25) is 5.02 Å². The molecule has 0 aliphatic rings. The quantitative estimate of drug-likeness (QED) is 0.787. The van der Waals surface area contributed by atoms with Gasteiger partial charge in [0.1, 0.15) is 5.76 Å². The minimum Gasteiger partial charge on any atom is -0.785 e. The van der Waals surface area contributed by atoms with Crippen molar-refractivity contribution in [3.63, 3.8) is 0 Å². The summed E-state index contributed by atoms with van der Waals surface area (Å²) in [6.45, 7) is 0.109. The molecule has 114 valence electrons. The number of furan rings is 1. The first-order valence-electron chi connectivity index (χ1n) is 6.17. The number of rotatable bonds is 7. The van der Waals surface area contributed by atoms with E-state index in [1.807, 2.05) is 0 Å². The van der Waals surface area contributed by atoms with Gasteiger partial charge >= 0.3 is 0 Å². The van der Waals surface area contributed by atoms with Crippen LogP contribution in [-0.4, -0.2) is 26.6 Å². The largest absolute Gasteiger partial charge is 0.785 e. The highest BCUT2D eigenvalue weighted by atomic mass is 35.5. The van der Waals surface area contributed by atoms with Crippen molar-refractivity contribution in [2.24, 2.45) is 0 Å². The van der Waals surface area contributed by atoms with Gasteiger partial charge in [0, 0.05) is 18.1 Å². The number of benzene rings is 1. The molecule has 0 fully saturated rings. The molecule has 0 aliphatic heterocycles. The average molecular weight is 330 g/mol. The van der Waals surface area contributed by atoms with E-state index in [-0.39, 0.29) is 24.5 Å². The lowest BCUT2D eigenvalue weighted by Crippen LogP contribution is -2.32. The van der Waals surface area contributed by atoms with Crippen molar-refractivity contribution in [2.75, 3.05) is 13.1 Å². The Morgan fingerprint density at radius 3 is 2.57 bits per heavy atom. The van der Waals surface area contributed by atoms with E-state index in [0.717, 1.165) is 5.06 Å². The van der Waals surface area contributed by atoms with Crippen LogP contribution in [0.5, 0.6) is 0 Å². The summed E-state index contributed by atoms with van der Waals surface area (Å²) in [5.41, 5.74) is 0. The number of nitrogens with one attached hydrogen (secondary N) is 1. The summed E-state index contributed by atoms with van der Waals surface area (Å²) < 4.78 is 31.3. The molecule has 0 spiro atoms. The van der Waals surface area contributed by atoms with Gasteiger partial charge in [0.2, 0.25) is 10.0 Å². The lowest BCUT2D eigenvalue weighted by atomic mass is 10.4. The minimum absolute atomic E-state index is 0.00910. The Labute approximate surface area is 127 Å². The molecule has 21 heavy (non-hydrogen) atoms. The van der Waals surface area contributed by atoms with E-state index in [1.54, 1.807) is 12.1 Å². The number of hydrogen-bond acceptors (Lipinski definition) is 5. The summed E-state index contributed by atoms with van der Waals surface area (Å²) >= 11 is 5.70. The van der Waals surface area contributed by atoms with Gasteiger partial charge in [0.05, 0.1) is 11.2 Å². The third kappa shape index (κ3) is 4.83. The van der Waals surface area contributed by atoms with E-state index in [9.17, 15) is 13.6 Å². The maximum absolute atomic E-state index is 11.9. The molecule has 6 nitrogen and oxygen atoms in total.